The molecule has 0 bridgehead atoms. The summed E-state index contributed by atoms with van der Waals surface area (Å²) < 4.78 is 4.23. The molecule has 0 saturated carbocycles. The van der Waals surface area contributed by atoms with Gasteiger partial charge in [0.05, 0.1) is 0 Å². The number of nitrogens with zero attached hydrogens (tertiary/aromatic N) is 3. The summed E-state index contributed by atoms with van der Waals surface area (Å²) in [5, 5.41) is 10.0. The average Bonchev–Trinajstić information content (AvgIpc) is 2.65. The van der Waals surface area contributed by atoms with Crippen LogP contribution < -0.4 is 4.90 Å². The lowest BCUT2D eigenvalue weighted by Gasteiger charge is -2.25. The molecular formula is C11H17N3O2S. The molecule has 1 fully saturated rings. The zero-order valence-electron chi connectivity index (χ0n) is 9.93. The van der Waals surface area contributed by atoms with Crippen LogP contribution in [0.4, 0.5) is 5.13 Å². The first-order valence-corrected chi connectivity index (χ1v) is 6.81. The second-order valence-electron chi connectivity index (χ2n) is 4.24. The van der Waals surface area contributed by atoms with Crippen molar-refractivity contribution in [2.24, 2.45) is 0 Å². The van der Waals surface area contributed by atoms with Crippen LogP contribution in [-0.2, 0) is 11.2 Å². The number of aliphatic carboxylic acids is 1. The molecule has 94 valence electrons. The zero-order chi connectivity index (χ0) is 12.3. The minimum absolute atomic E-state index is 0.435. The number of carbonyl (C=O) groups is 1. The van der Waals surface area contributed by atoms with E-state index in [1.54, 1.807) is 0 Å². The van der Waals surface area contributed by atoms with Gasteiger partial charge >= 0.3 is 5.97 Å². The van der Waals surface area contributed by atoms with Gasteiger partial charge in [-0.3, -0.25) is 0 Å². The summed E-state index contributed by atoms with van der Waals surface area (Å²) in [6.07, 6.45) is 4.61. The van der Waals surface area contributed by atoms with Crippen molar-refractivity contribution in [3.63, 3.8) is 0 Å². The second-order valence-corrected chi connectivity index (χ2v) is 4.97. The Bertz CT molecular complexity index is 394. The van der Waals surface area contributed by atoms with E-state index in [-0.39, 0.29) is 0 Å². The first kappa shape index (κ1) is 12.3. The van der Waals surface area contributed by atoms with Gasteiger partial charge in [0.2, 0.25) is 5.13 Å². The lowest BCUT2D eigenvalue weighted by molar-refractivity contribution is -0.138. The van der Waals surface area contributed by atoms with E-state index in [2.05, 4.69) is 9.36 Å². The predicted octanol–water partition coefficient (Wildman–Crippen LogP) is 1.93. The molecule has 1 atom stereocenters. The third-order valence-corrected chi connectivity index (χ3v) is 3.85. The Morgan fingerprint density at radius 2 is 2.35 bits per heavy atom. The molecule has 0 aromatic carbocycles. The largest absolute Gasteiger partial charge is 0.480 e. The van der Waals surface area contributed by atoms with Crippen LogP contribution in [0, 0.1) is 0 Å². The van der Waals surface area contributed by atoms with Crippen molar-refractivity contribution >= 4 is 22.6 Å². The summed E-state index contributed by atoms with van der Waals surface area (Å²) in [4.78, 5) is 17.6. The van der Waals surface area contributed by atoms with Gasteiger partial charge in [-0.05, 0) is 12.8 Å². The van der Waals surface area contributed by atoms with Gasteiger partial charge in [0.15, 0.2) is 0 Å². The van der Waals surface area contributed by atoms with Crippen molar-refractivity contribution < 1.29 is 9.90 Å². The Morgan fingerprint density at radius 1 is 1.53 bits per heavy atom. The third-order valence-electron chi connectivity index (χ3n) is 3.06. The number of aromatic nitrogens is 2. The van der Waals surface area contributed by atoms with Crippen LogP contribution in [0.15, 0.2) is 0 Å². The number of hydrogen-bond acceptors (Lipinski definition) is 5. The van der Waals surface area contributed by atoms with E-state index in [4.69, 9.17) is 0 Å². The first-order valence-electron chi connectivity index (χ1n) is 6.04. The minimum atomic E-state index is -0.750. The fourth-order valence-corrected chi connectivity index (χ4v) is 2.93. The molecule has 0 amide bonds. The minimum Gasteiger partial charge on any atom is -0.480 e. The molecule has 6 heteroatoms. The standard InChI is InChI=1S/C11H17N3O2S/c1-2-9-12-11(17-13-9)14-7-5-3-4-6-8(14)10(15)16/h8H,2-7H2,1H3,(H,15,16). The summed E-state index contributed by atoms with van der Waals surface area (Å²) in [7, 11) is 0. The SMILES string of the molecule is CCc1nsc(N2CCCCCC2C(=O)O)n1. The monoisotopic (exact) mass is 255 g/mol. The van der Waals surface area contributed by atoms with Gasteiger partial charge in [0.1, 0.15) is 11.9 Å². The molecule has 2 heterocycles. The molecule has 0 spiro atoms. The normalized spacial score (nSPS) is 21.2. The average molecular weight is 255 g/mol. The van der Waals surface area contributed by atoms with E-state index in [9.17, 15) is 9.90 Å². The van der Waals surface area contributed by atoms with Crippen molar-refractivity contribution in [2.75, 3.05) is 11.4 Å². The van der Waals surface area contributed by atoms with Crippen molar-refractivity contribution in [1.82, 2.24) is 9.36 Å². The quantitative estimate of drug-likeness (QED) is 0.894. The fourth-order valence-electron chi connectivity index (χ4n) is 2.10. The van der Waals surface area contributed by atoms with Crippen LogP contribution in [0.3, 0.4) is 0 Å². The zero-order valence-corrected chi connectivity index (χ0v) is 10.7. The van der Waals surface area contributed by atoms with E-state index < -0.39 is 12.0 Å². The molecule has 0 radical (unpaired) electrons. The van der Waals surface area contributed by atoms with Crippen molar-refractivity contribution in [3.8, 4) is 0 Å². The van der Waals surface area contributed by atoms with Gasteiger partial charge in [-0.25, -0.2) is 9.78 Å². The molecule has 5 nitrogen and oxygen atoms in total. The fraction of sp³-hybridized carbons (Fsp3) is 0.727. The smallest absolute Gasteiger partial charge is 0.326 e. The van der Waals surface area contributed by atoms with Crippen LogP contribution in [0.5, 0.6) is 0 Å². The van der Waals surface area contributed by atoms with Crippen LogP contribution in [-0.4, -0.2) is 33.0 Å². The van der Waals surface area contributed by atoms with Gasteiger partial charge in [-0.15, -0.1) is 0 Å². The molecule has 1 aromatic heterocycles. The molecular weight excluding hydrogens is 238 g/mol. The molecule has 1 aliphatic rings. The lowest BCUT2D eigenvalue weighted by Crippen LogP contribution is -2.40. The van der Waals surface area contributed by atoms with Gasteiger partial charge < -0.3 is 10.0 Å². The Labute approximate surface area is 105 Å². The van der Waals surface area contributed by atoms with Crippen LogP contribution >= 0.6 is 11.5 Å². The van der Waals surface area contributed by atoms with E-state index in [0.717, 1.165) is 43.2 Å². The molecule has 1 aliphatic heterocycles. The number of aryl methyl sites for hydroxylation is 1. The molecule has 2 rings (SSSR count). The summed E-state index contributed by atoms with van der Waals surface area (Å²) in [6.45, 7) is 2.78. The predicted molar refractivity (Wildman–Crippen MR) is 66.5 cm³/mol. The van der Waals surface area contributed by atoms with Crippen molar-refractivity contribution in [2.45, 2.75) is 45.1 Å². The number of anilines is 1. The highest BCUT2D eigenvalue weighted by molar-refractivity contribution is 7.09. The molecule has 1 saturated heterocycles. The summed E-state index contributed by atoms with van der Waals surface area (Å²) in [5.41, 5.74) is 0. The van der Waals surface area contributed by atoms with Crippen molar-refractivity contribution in [1.29, 1.82) is 0 Å². The van der Waals surface area contributed by atoms with Gasteiger partial charge in [0, 0.05) is 24.5 Å². The number of carboxylic acids is 1. The van der Waals surface area contributed by atoms with Crippen molar-refractivity contribution in [3.05, 3.63) is 5.82 Å². The molecule has 17 heavy (non-hydrogen) atoms. The van der Waals surface area contributed by atoms with Gasteiger partial charge in [-0.1, -0.05) is 19.8 Å². The van der Waals surface area contributed by atoms with E-state index in [1.807, 2.05) is 11.8 Å². The topological polar surface area (TPSA) is 66.3 Å². The maximum absolute atomic E-state index is 11.3. The maximum Gasteiger partial charge on any atom is 0.326 e. The second kappa shape index (κ2) is 5.44. The highest BCUT2D eigenvalue weighted by Crippen LogP contribution is 2.26. The lowest BCUT2D eigenvalue weighted by atomic mass is 10.1. The van der Waals surface area contributed by atoms with Gasteiger partial charge in [0.25, 0.3) is 0 Å². The Morgan fingerprint density at radius 3 is 3.00 bits per heavy atom. The van der Waals surface area contributed by atoms with E-state index in [0.29, 0.717) is 6.42 Å². The van der Waals surface area contributed by atoms with Crippen LogP contribution in [0.2, 0.25) is 0 Å². The molecule has 1 N–H and O–H groups in total. The highest BCUT2D eigenvalue weighted by atomic mass is 32.1. The molecule has 0 aliphatic carbocycles. The first-order chi connectivity index (χ1) is 8.22. The Hall–Kier alpha value is -1.17. The maximum atomic E-state index is 11.3. The summed E-state index contributed by atoms with van der Waals surface area (Å²) in [6, 6.07) is -0.435. The Balaban J connectivity index is 2.22. The van der Waals surface area contributed by atoms with Crippen LogP contribution in [0.1, 0.15) is 38.4 Å². The molecule has 1 aromatic rings. The number of hydrogen-bond donors (Lipinski definition) is 1. The summed E-state index contributed by atoms with van der Waals surface area (Å²) in [5.74, 6) is 0.0542. The summed E-state index contributed by atoms with van der Waals surface area (Å²) >= 11 is 1.31. The molecule has 1 unspecified atom stereocenters. The highest BCUT2D eigenvalue weighted by Gasteiger charge is 2.29. The number of carboxylic acid groups (broad SMARTS) is 1. The number of rotatable bonds is 3. The van der Waals surface area contributed by atoms with Crippen LogP contribution in [0.25, 0.3) is 0 Å². The third kappa shape index (κ3) is 2.74. The van der Waals surface area contributed by atoms with E-state index in [1.165, 1.54) is 11.5 Å². The van der Waals surface area contributed by atoms with Gasteiger partial charge in [-0.2, -0.15) is 4.37 Å². The van der Waals surface area contributed by atoms with E-state index >= 15 is 0 Å². The Kier molecular flexibility index (Phi) is 3.93.